The molecule has 80 valence electrons. The molecule has 0 heterocycles. The summed E-state index contributed by atoms with van der Waals surface area (Å²) in [5, 5.41) is 9.75. The van der Waals surface area contributed by atoms with Crippen molar-refractivity contribution in [2.45, 2.75) is 58.0 Å². The van der Waals surface area contributed by atoms with Crippen molar-refractivity contribution >= 4 is 0 Å². The van der Waals surface area contributed by atoms with E-state index in [0.29, 0.717) is 6.61 Å². The molecule has 2 nitrogen and oxygen atoms in total. The summed E-state index contributed by atoms with van der Waals surface area (Å²) in [5.41, 5.74) is -0.624. The van der Waals surface area contributed by atoms with Crippen molar-refractivity contribution in [1.29, 1.82) is 0 Å². The number of hydrogen-bond acceptors (Lipinski definition) is 2. The lowest BCUT2D eigenvalue weighted by Crippen LogP contribution is -2.29. The summed E-state index contributed by atoms with van der Waals surface area (Å²) in [6.45, 7) is 4.50. The average Bonchev–Trinajstić information content (AvgIpc) is 2.04. The fraction of sp³-hybridized carbons (Fsp3) is 1.00. The van der Waals surface area contributed by atoms with E-state index < -0.39 is 5.60 Å². The Balaban J connectivity index is 3.29. The molecule has 0 aromatic heterocycles. The summed E-state index contributed by atoms with van der Waals surface area (Å²) in [6, 6.07) is 0. The van der Waals surface area contributed by atoms with Gasteiger partial charge in [-0.05, 0) is 13.3 Å². The Morgan fingerprint density at radius 1 is 1.15 bits per heavy atom. The molecule has 1 N–H and O–H groups in total. The van der Waals surface area contributed by atoms with E-state index in [1.807, 2.05) is 6.92 Å². The number of unbranched alkanes of at least 4 members (excludes halogenated alkanes) is 4. The zero-order chi connectivity index (χ0) is 10.2. The van der Waals surface area contributed by atoms with Crippen molar-refractivity contribution < 1.29 is 9.84 Å². The highest BCUT2D eigenvalue weighted by Crippen LogP contribution is 2.15. The minimum Gasteiger partial charge on any atom is -0.388 e. The van der Waals surface area contributed by atoms with Gasteiger partial charge in [0.15, 0.2) is 0 Å². The third-order valence-electron chi connectivity index (χ3n) is 2.27. The summed E-state index contributed by atoms with van der Waals surface area (Å²) in [6.07, 6.45) is 7.06. The lowest BCUT2D eigenvalue weighted by atomic mass is 9.99. The maximum Gasteiger partial charge on any atom is 0.0852 e. The second-order valence-electron chi connectivity index (χ2n) is 4.09. The van der Waals surface area contributed by atoms with E-state index in [9.17, 15) is 5.11 Å². The number of methoxy groups -OCH3 is 1. The van der Waals surface area contributed by atoms with Gasteiger partial charge in [-0.15, -0.1) is 0 Å². The summed E-state index contributed by atoms with van der Waals surface area (Å²) in [7, 11) is 1.63. The Morgan fingerprint density at radius 3 is 2.31 bits per heavy atom. The van der Waals surface area contributed by atoms with Crippen LogP contribution < -0.4 is 0 Å². The second-order valence-corrected chi connectivity index (χ2v) is 4.09. The van der Waals surface area contributed by atoms with Crippen LogP contribution in [0.25, 0.3) is 0 Å². The highest BCUT2D eigenvalue weighted by molar-refractivity contribution is 4.71. The summed E-state index contributed by atoms with van der Waals surface area (Å²) < 4.78 is 4.93. The Morgan fingerprint density at radius 2 is 1.77 bits per heavy atom. The van der Waals surface area contributed by atoms with E-state index in [2.05, 4.69) is 6.92 Å². The van der Waals surface area contributed by atoms with Gasteiger partial charge in [-0.1, -0.05) is 39.0 Å². The van der Waals surface area contributed by atoms with Crippen LogP contribution in [0.15, 0.2) is 0 Å². The molecule has 0 aliphatic heterocycles. The molecule has 13 heavy (non-hydrogen) atoms. The molecular formula is C11H24O2. The van der Waals surface area contributed by atoms with E-state index in [1.54, 1.807) is 7.11 Å². The molecule has 0 aliphatic carbocycles. The van der Waals surface area contributed by atoms with E-state index in [0.717, 1.165) is 12.8 Å². The summed E-state index contributed by atoms with van der Waals surface area (Å²) in [4.78, 5) is 0. The molecule has 0 spiro atoms. The monoisotopic (exact) mass is 188 g/mol. The van der Waals surface area contributed by atoms with Gasteiger partial charge in [0.05, 0.1) is 12.2 Å². The van der Waals surface area contributed by atoms with Gasteiger partial charge in [-0.2, -0.15) is 0 Å². The van der Waals surface area contributed by atoms with Crippen LogP contribution in [-0.2, 0) is 4.74 Å². The van der Waals surface area contributed by atoms with Crippen LogP contribution in [-0.4, -0.2) is 24.4 Å². The van der Waals surface area contributed by atoms with Gasteiger partial charge in [0.25, 0.3) is 0 Å². The molecule has 0 saturated carbocycles. The molecule has 0 saturated heterocycles. The maximum absolute atomic E-state index is 9.75. The molecule has 0 amide bonds. The van der Waals surface area contributed by atoms with Gasteiger partial charge in [-0.3, -0.25) is 0 Å². The van der Waals surface area contributed by atoms with Gasteiger partial charge in [-0.25, -0.2) is 0 Å². The number of hydrogen-bond donors (Lipinski definition) is 1. The molecule has 0 aliphatic rings. The summed E-state index contributed by atoms with van der Waals surface area (Å²) >= 11 is 0. The first-order valence-electron chi connectivity index (χ1n) is 5.33. The Kier molecular flexibility index (Phi) is 7.29. The minimum absolute atomic E-state index is 0.445. The van der Waals surface area contributed by atoms with Crippen molar-refractivity contribution in [3.8, 4) is 0 Å². The first-order chi connectivity index (χ1) is 6.12. The normalized spacial score (nSPS) is 15.7. The molecule has 0 aromatic carbocycles. The molecule has 0 rings (SSSR count). The molecule has 0 aromatic rings. The molecule has 0 bridgehead atoms. The fourth-order valence-corrected chi connectivity index (χ4v) is 1.49. The van der Waals surface area contributed by atoms with Crippen LogP contribution in [0.2, 0.25) is 0 Å². The molecular weight excluding hydrogens is 164 g/mol. The first kappa shape index (κ1) is 12.9. The minimum atomic E-state index is -0.624. The molecule has 1 atom stereocenters. The van der Waals surface area contributed by atoms with Crippen LogP contribution in [0, 0.1) is 0 Å². The fourth-order valence-electron chi connectivity index (χ4n) is 1.49. The van der Waals surface area contributed by atoms with E-state index >= 15 is 0 Å². The van der Waals surface area contributed by atoms with Crippen molar-refractivity contribution in [3.05, 3.63) is 0 Å². The number of rotatable bonds is 8. The van der Waals surface area contributed by atoms with E-state index in [-0.39, 0.29) is 0 Å². The zero-order valence-electron chi connectivity index (χ0n) is 9.31. The van der Waals surface area contributed by atoms with Crippen molar-refractivity contribution in [2.75, 3.05) is 13.7 Å². The van der Waals surface area contributed by atoms with Crippen LogP contribution >= 0.6 is 0 Å². The smallest absolute Gasteiger partial charge is 0.0852 e. The lowest BCUT2D eigenvalue weighted by molar-refractivity contribution is -0.0241. The predicted octanol–water partition coefficient (Wildman–Crippen LogP) is 2.74. The van der Waals surface area contributed by atoms with Crippen LogP contribution in [0.5, 0.6) is 0 Å². The highest BCUT2D eigenvalue weighted by atomic mass is 16.5. The number of aliphatic hydroxyl groups is 1. The SMILES string of the molecule is CCCCCCCC(C)(O)COC. The van der Waals surface area contributed by atoms with Crippen molar-refractivity contribution in [2.24, 2.45) is 0 Å². The van der Waals surface area contributed by atoms with Gasteiger partial charge < -0.3 is 9.84 Å². The van der Waals surface area contributed by atoms with Gasteiger partial charge >= 0.3 is 0 Å². The largest absolute Gasteiger partial charge is 0.388 e. The Hall–Kier alpha value is -0.0800. The van der Waals surface area contributed by atoms with Crippen molar-refractivity contribution in [1.82, 2.24) is 0 Å². The molecule has 0 fully saturated rings. The van der Waals surface area contributed by atoms with Crippen LogP contribution in [0.1, 0.15) is 52.4 Å². The zero-order valence-corrected chi connectivity index (χ0v) is 9.31. The first-order valence-corrected chi connectivity index (χ1v) is 5.33. The van der Waals surface area contributed by atoms with Gasteiger partial charge in [0.2, 0.25) is 0 Å². The molecule has 1 unspecified atom stereocenters. The maximum atomic E-state index is 9.75. The van der Waals surface area contributed by atoms with Crippen LogP contribution in [0.3, 0.4) is 0 Å². The van der Waals surface area contributed by atoms with E-state index in [4.69, 9.17) is 4.74 Å². The third-order valence-corrected chi connectivity index (χ3v) is 2.27. The van der Waals surface area contributed by atoms with Gasteiger partial charge in [0, 0.05) is 7.11 Å². The van der Waals surface area contributed by atoms with Crippen molar-refractivity contribution in [3.63, 3.8) is 0 Å². The second kappa shape index (κ2) is 7.34. The van der Waals surface area contributed by atoms with Gasteiger partial charge in [0.1, 0.15) is 0 Å². The summed E-state index contributed by atoms with van der Waals surface area (Å²) in [5.74, 6) is 0. The highest BCUT2D eigenvalue weighted by Gasteiger charge is 2.18. The number of ether oxygens (including phenoxy) is 1. The Bertz CT molecular complexity index is 111. The Labute approximate surface area is 82.3 Å². The molecule has 2 heteroatoms. The van der Waals surface area contributed by atoms with E-state index in [1.165, 1.54) is 25.7 Å². The molecule has 0 radical (unpaired) electrons. The average molecular weight is 188 g/mol. The third kappa shape index (κ3) is 8.26. The quantitative estimate of drug-likeness (QED) is 0.593. The predicted molar refractivity (Wildman–Crippen MR) is 55.9 cm³/mol. The standard InChI is InChI=1S/C11H24O2/c1-4-5-6-7-8-9-11(2,12)10-13-3/h12H,4-10H2,1-3H3. The lowest BCUT2D eigenvalue weighted by Gasteiger charge is -2.21. The topological polar surface area (TPSA) is 29.5 Å². The van der Waals surface area contributed by atoms with Crippen LogP contribution in [0.4, 0.5) is 0 Å².